The fraction of sp³-hybridized carbons (Fsp3) is 0.571. The van der Waals surface area contributed by atoms with Crippen molar-refractivity contribution in [2.75, 3.05) is 13.1 Å². The fourth-order valence-electron chi connectivity index (χ4n) is 1.80. The van der Waals surface area contributed by atoms with E-state index in [9.17, 15) is 0 Å². The second kappa shape index (κ2) is 6.97. The quantitative estimate of drug-likeness (QED) is 0.648. The number of hydrogen-bond acceptors (Lipinski definition) is 4. The Morgan fingerprint density at radius 2 is 2.33 bits per heavy atom. The predicted octanol–water partition coefficient (Wildman–Crippen LogP) is 1.76. The topological polar surface area (TPSA) is 47.0 Å². The molecule has 0 aliphatic carbocycles. The Morgan fingerprint density at radius 1 is 1.44 bits per heavy atom. The van der Waals surface area contributed by atoms with E-state index in [1.165, 1.54) is 0 Å². The number of rotatable bonds is 4. The van der Waals surface area contributed by atoms with Crippen LogP contribution in [-0.4, -0.2) is 29.2 Å². The first-order valence-electron chi connectivity index (χ1n) is 6.57. The number of unbranched alkanes of at least 4 members (excludes halogenated alkanes) is 2. The van der Waals surface area contributed by atoms with Crippen LogP contribution in [0.4, 0.5) is 0 Å². The van der Waals surface area contributed by atoms with E-state index in [-0.39, 0.29) is 6.10 Å². The summed E-state index contributed by atoms with van der Waals surface area (Å²) in [5.41, 5.74) is 0.653. The van der Waals surface area contributed by atoms with Gasteiger partial charge in [0.15, 0.2) is 5.69 Å². The van der Waals surface area contributed by atoms with E-state index in [4.69, 9.17) is 4.74 Å². The van der Waals surface area contributed by atoms with Crippen LogP contribution in [0.3, 0.4) is 0 Å². The van der Waals surface area contributed by atoms with Gasteiger partial charge in [0.1, 0.15) is 6.10 Å². The molecule has 4 heteroatoms. The van der Waals surface area contributed by atoms with Gasteiger partial charge in [0.2, 0.25) is 5.88 Å². The lowest BCUT2D eigenvalue weighted by molar-refractivity contribution is 0.212. The molecule has 4 nitrogen and oxygen atoms in total. The van der Waals surface area contributed by atoms with E-state index in [2.05, 4.69) is 34.0 Å². The molecular formula is C14H19N3O. The summed E-state index contributed by atoms with van der Waals surface area (Å²) in [5.74, 6) is 6.74. The average Bonchev–Trinajstić information content (AvgIpc) is 2.89. The first kappa shape index (κ1) is 12.8. The van der Waals surface area contributed by atoms with Crippen LogP contribution in [0.1, 0.15) is 38.3 Å². The highest BCUT2D eigenvalue weighted by atomic mass is 16.5. The highest BCUT2D eigenvalue weighted by Crippen LogP contribution is 2.14. The summed E-state index contributed by atoms with van der Waals surface area (Å²) in [6.07, 6.45) is 7.69. The SMILES string of the molecule is CCCCC#Cc1nccnc1OC1CCNC1. The fourth-order valence-corrected chi connectivity index (χ4v) is 1.80. The highest BCUT2D eigenvalue weighted by molar-refractivity contribution is 5.35. The minimum Gasteiger partial charge on any atom is -0.471 e. The van der Waals surface area contributed by atoms with Gasteiger partial charge in [-0.3, -0.25) is 0 Å². The highest BCUT2D eigenvalue weighted by Gasteiger charge is 2.18. The molecule has 1 aromatic heterocycles. The number of nitrogens with zero attached hydrogens (tertiary/aromatic N) is 2. The third-order valence-electron chi connectivity index (χ3n) is 2.82. The normalized spacial score (nSPS) is 18.2. The third-order valence-corrected chi connectivity index (χ3v) is 2.82. The molecule has 0 aromatic carbocycles. The van der Waals surface area contributed by atoms with Crippen molar-refractivity contribution in [3.05, 3.63) is 18.1 Å². The molecule has 0 amide bonds. The molecule has 0 saturated carbocycles. The molecule has 1 aliphatic rings. The van der Waals surface area contributed by atoms with Crippen molar-refractivity contribution in [1.29, 1.82) is 0 Å². The molecule has 1 unspecified atom stereocenters. The van der Waals surface area contributed by atoms with Gasteiger partial charge in [-0.1, -0.05) is 19.3 Å². The van der Waals surface area contributed by atoms with E-state index in [1.54, 1.807) is 12.4 Å². The first-order valence-corrected chi connectivity index (χ1v) is 6.57. The van der Waals surface area contributed by atoms with Crippen LogP contribution in [0.25, 0.3) is 0 Å². The smallest absolute Gasteiger partial charge is 0.249 e. The van der Waals surface area contributed by atoms with Gasteiger partial charge in [0, 0.05) is 25.4 Å². The molecule has 1 aliphatic heterocycles. The minimum absolute atomic E-state index is 0.192. The van der Waals surface area contributed by atoms with Crippen LogP contribution < -0.4 is 10.1 Å². The Hall–Kier alpha value is -1.60. The van der Waals surface area contributed by atoms with Crippen molar-refractivity contribution in [2.24, 2.45) is 0 Å². The summed E-state index contributed by atoms with van der Waals surface area (Å²) in [7, 11) is 0. The molecule has 1 aromatic rings. The van der Waals surface area contributed by atoms with Crippen molar-refractivity contribution in [3.8, 4) is 17.7 Å². The molecular weight excluding hydrogens is 226 g/mol. The summed E-state index contributed by atoms with van der Waals surface area (Å²) in [6.45, 7) is 4.04. The number of hydrogen-bond donors (Lipinski definition) is 1. The van der Waals surface area contributed by atoms with Crippen LogP contribution in [0.5, 0.6) is 5.88 Å². The van der Waals surface area contributed by atoms with Crippen LogP contribution >= 0.6 is 0 Å². The van der Waals surface area contributed by atoms with Crippen molar-refractivity contribution in [1.82, 2.24) is 15.3 Å². The Kier molecular flexibility index (Phi) is 4.98. The Bertz CT molecular complexity index is 430. The van der Waals surface area contributed by atoms with E-state index in [0.717, 1.165) is 38.8 Å². The zero-order valence-electron chi connectivity index (χ0n) is 10.8. The van der Waals surface area contributed by atoms with Crippen LogP contribution in [0.2, 0.25) is 0 Å². The summed E-state index contributed by atoms with van der Waals surface area (Å²) in [5, 5.41) is 3.26. The van der Waals surface area contributed by atoms with Gasteiger partial charge < -0.3 is 10.1 Å². The molecule has 0 radical (unpaired) electrons. The second-order valence-corrected chi connectivity index (χ2v) is 4.35. The van der Waals surface area contributed by atoms with Crippen LogP contribution in [0, 0.1) is 11.8 Å². The second-order valence-electron chi connectivity index (χ2n) is 4.35. The van der Waals surface area contributed by atoms with E-state index in [0.29, 0.717) is 11.6 Å². The molecule has 0 bridgehead atoms. The molecule has 2 rings (SSSR count). The van der Waals surface area contributed by atoms with Crippen LogP contribution in [-0.2, 0) is 0 Å². The van der Waals surface area contributed by atoms with Gasteiger partial charge in [-0.2, -0.15) is 0 Å². The number of ether oxygens (including phenoxy) is 1. The zero-order chi connectivity index (χ0) is 12.6. The Morgan fingerprint density at radius 3 is 3.11 bits per heavy atom. The maximum atomic E-state index is 5.82. The predicted molar refractivity (Wildman–Crippen MR) is 70.3 cm³/mol. The number of nitrogens with one attached hydrogen (secondary N) is 1. The van der Waals surface area contributed by atoms with Crippen molar-refractivity contribution < 1.29 is 4.74 Å². The average molecular weight is 245 g/mol. The Balaban J connectivity index is 2.01. The largest absolute Gasteiger partial charge is 0.471 e. The molecule has 1 fully saturated rings. The molecule has 18 heavy (non-hydrogen) atoms. The van der Waals surface area contributed by atoms with Gasteiger partial charge in [0.05, 0.1) is 0 Å². The van der Waals surface area contributed by atoms with Gasteiger partial charge in [-0.05, 0) is 25.3 Å². The molecule has 0 spiro atoms. The van der Waals surface area contributed by atoms with Crippen molar-refractivity contribution in [2.45, 2.75) is 38.7 Å². The Labute approximate surface area is 108 Å². The number of aromatic nitrogens is 2. The third kappa shape index (κ3) is 3.71. The maximum Gasteiger partial charge on any atom is 0.249 e. The molecule has 2 heterocycles. The lowest BCUT2D eigenvalue weighted by atomic mass is 10.2. The van der Waals surface area contributed by atoms with Crippen molar-refractivity contribution in [3.63, 3.8) is 0 Å². The molecule has 1 saturated heterocycles. The maximum absolute atomic E-state index is 5.82. The van der Waals surface area contributed by atoms with Gasteiger partial charge in [-0.25, -0.2) is 9.97 Å². The molecule has 1 N–H and O–H groups in total. The summed E-state index contributed by atoms with van der Waals surface area (Å²) in [4.78, 5) is 8.46. The zero-order valence-corrected chi connectivity index (χ0v) is 10.8. The van der Waals surface area contributed by atoms with Crippen molar-refractivity contribution >= 4 is 0 Å². The summed E-state index contributed by atoms with van der Waals surface area (Å²) >= 11 is 0. The lowest BCUT2D eigenvalue weighted by Crippen LogP contribution is -2.20. The van der Waals surface area contributed by atoms with Gasteiger partial charge >= 0.3 is 0 Å². The van der Waals surface area contributed by atoms with Gasteiger partial charge in [-0.15, -0.1) is 0 Å². The van der Waals surface area contributed by atoms with E-state index in [1.807, 2.05) is 0 Å². The van der Waals surface area contributed by atoms with Crippen LogP contribution in [0.15, 0.2) is 12.4 Å². The minimum atomic E-state index is 0.192. The molecule has 1 atom stereocenters. The van der Waals surface area contributed by atoms with E-state index < -0.39 is 0 Å². The summed E-state index contributed by atoms with van der Waals surface area (Å²) < 4.78 is 5.82. The molecule has 96 valence electrons. The standard InChI is InChI=1S/C14H19N3O/c1-2-3-4-5-6-13-14(17-10-9-16-13)18-12-7-8-15-11-12/h9-10,12,15H,2-4,7-8,11H2,1H3. The first-order chi connectivity index (χ1) is 8.90. The lowest BCUT2D eigenvalue weighted by Gasteiger charge is -2.11. The monoisotopic (exact) mass is 245 g/mol. The summed E-state index contributed by atoms with van der Waals surface area (Å²) in [6, 6.07) is 0. The van der Waals surface area contributed by atoms with E-state index >= 15 is 0 Å². The van der Waals surface area contributed by atoms with Gasteiger partial charge in [0.25, 0.3) is 0 Å².